The van der Waals surface area contributed by atoms with Crippen molar-refractivity contribution < 1.29 is 4.79 Å². The molecular weight excluding hydrogens is 533 g/mol. The van der Waals surface area contributed by atoms with Crippen LogP contribution >= 0.6 is 35.7 Å². The Hall–Kier alpha value is -1.94. The molecule has 3 rings (SSSR count). The minimum Gasteiger partial charge on any atom is -0.357 e. The number of guanidine groups is 1. The van der Waals surface area contributed by atoms with Crippen molar-refractivity contribution in [3.8, 4) is 0 Å². The van der Waals surface area contributed by atoms with Crippen molar-refractivity contribution in [3.05, 3.63) is 60.2 Å². The second kappa shape index (κ2) is 14.3. The molecule has 1 heterocycles. The van der Waals surface area contributed by atoms with E-state index in [0.29, 0.717) is 11.8 Å². The molecule has 6 nitrogen and oxygen atoms in total. The summed E-state index contributed by atoms with van der Waals surface area (Å²) in [4.78, 5) is 20.2. The fraction of sp³-hybridized carbons (Fsp3) is 0.417. The Morgan fingerprint density at radius 1 is 1.09 bits per heavy atom. The Bertz CT molecular complexity index is 858. The minimum absolute atomic E-state index is 0. The molecule has 1 aliphatic rings. The standard InChI is InChI=1S/C24H33N5OS.HI/c1-3-25-23(26-17-19(2)31-22-12-5-4-6-13-22)27-18-20-10-9-11-21(16-20)28-24(30)29-14-7-8-15-29;/h4-6,9-13,16,19H,3,7-8,14-15,17-18H2,1-2H3,(H,28,30)(H2,25,26,27);1H. The Labute approximate surface area is 213 Å². The monoisotopic (exact) mass is 567 g/mol. The van der Waals surface area contributed by atoms with E-state index in [9.17, 15) is 4.79 Å². The molecule has 1 aliphatic heterocycles. The first-order valence-electron chi connectivity index (χ1n) is 11.0. The van der Waals surface area contributed by atoms with Crippen molar-refractivity contribution in [2.75, 3.05) is 31.5 Å². The van der Waals surface area contributed by atoms with Gasteiger partial charge in [0.2, 0.25) is 0 Å². The van der Waals surface area contributed by atoms with Crippen molar-refractivity contribution in [1.29, 1.82) is 0 Å². The minimum atomic E-state index is -0.0157. The average molecular weight is 568 g/mol. The number of aliphatic imine (C=N–C) groups is 1. The van der Waals surface area contributed by atoms with Crippen LogP contribution in [0.1, 0.15) is 32.3 Å². The van der Waals surface area contributed by atoms with Crippen molar-refractivity contribution in [1.82, 2.24) is 15.5 Å². The van der Waals surface area contributed by atoms with Gasteiger partial charge < -0.3 is 20.9 Å². The maximum atomic E-state index is 12.3. The molecule has 0 radical (unpaired) electrons. The number of urea groups is 1. The highest BCUT2D eigenvalue weighted by Gasteiger charge is 2.17. The van der Waals surface area contributed by atoms with Crippen LogP contribution in [0.25, 0.3) is 0 Å². The molecule has 3 N–H and O–H groups in total. The third kappa shape index (κ3) is 8.90. The topological polar surface area (TPSA) is 68.8 Å². The van der Waals surface area contributed by atoms with Crippen LogP contribution in [0.15, 0.2) is 64.5 Å². The molecule has 0 aromatic heterocycles. The molecule has 174 valence electrons. The molecule has 1 fully saturated rings. The quantitative estimate of drug-likeness (QED) is 0.178. The van der Waals surface area contributed by atoms with E-state index < -0.39 is 0 Å². The van der Waals surface area contributed by atoms with Gasteiger partial charge in [0.1, 0.15) is 0 Å². The third-order valence-electron chi connectivity index (χ3n) is 4.97. The van der Waals surface area contributed by atoms with Gasteiger partial charge in [0.25, 0.3) is 0 Å². The zero-order valence-corrected chi connectivity index (χ0v) is 22.0. The smallest absolute Gasteiger partial charge is 0.321 e. The van der Waals surface area contributed by atoms with Crippen LogP contribution in [0.4, 0.5) is 10.5 Å². The molecular formula is C24H34IN5OS. The van der Waals surface area contributed by atoms with E-state index in [2.05, 4.69) is 54.1 Å². The number of amides is 2. The number of nitrogens with zero attached hydrogens (tertiary/aromatic N) is 2. The molecule has 0 spiro atoms. The first-order chi connectivity index (χ1) is 15.1. The van der Waals surface area contributed by atoms with Gasteiger partial charge in [-0.15, -0.1) is 35.7 Å². The lowest BCUT2D eigenvalue weighted by Crippen LogP contribution is -2.40. The van der Waals surface area contributed by atoms with Gasteiger partial charge in [-0.25, -0.2) is 9.79 Å². The van der Waals surface area contributed by atoms with Crippen LogP contribution in [-0.4, -0.2) is 48.3 Å². The van der Waals surface area contributed by atoms with Gasteiger partial charge in [0.15, 0.2) is 5.96 Å². The van der Waals surface area contributed by atoms with Gasteiger partial charge in [-0.3, -0.25) is 0 Å². The van der Waals surface area contributed by atoms with Gasteiger partial charge in [-0.1, -0.05) is 37.3 Å². The van der Waals surface area contributed by atoms with E-state index in [-0.39, 0.29) is 30.0 Å². The van der Waals surface area contributed by atoms with Crippen LogP contribution in [0.5, 0.6) is 0 Å². The number of hydrogen-bond donors (Lipinski definition) is 3. The maximum Gasteiger partial charge on any atom is 0.321 e. The molecule has 32 heavy (non-hydrogen) atoms. The fourth-order valence-electron chi connectivity index (χ4n) is 3.40. The van der Waals surface area contributed by atoms with Crippen molar-refractivity contribution in [2.24, 2.45) is 4.99 Å². The molecule has 0 aliphatic carbocycles. The average Bonchev–Trinajstić information content (AvgIpc) is 3.32. The number of carbonyl (C=O) groups is 1. The highest BCUT2D eigenvalue weighted by Crippen LogP contribution is 2.22. The summed E-state index contributed by atoms with van der Waals surface area (Å²) in [5.41, 5.74) is 1.87. The van der Waals surface area contributed by atoms with E-state index in [1.165, 1.54) is 4.90 Å². The summed E-state index contributed by atoms with van der Waals surface area (Å²) in [5.74, 6) is 0.800. The number of carbonyl (C=O) groups excluding carboxylic acids is 1. The van der Waals surface area contributed by atoms with E-state index in [1.807, 2.05) is 47.0 Å². The Balaban J connectivity index is 0.00000363. The fourth-order valence-corrected chi connectivity index (χ4v) is 4.34. The zero-order chi connectivity index (χ0) is 21.9. The molecule has 1 unspecified atom stereocenters. The predicted molar refractivity (Wildman–Crippen MR) is 146 cm³/mol. The lowest BCUT2D eigenvalue weighted by molar-refractivity contribution is 0.222. The molecule has 2 aromatic rings. The highest BCUT2D eigenvalue weighted by atomic mass is 127. The number of hydrogen-bond acceptors (Lipinski definition) is 3. The molecule has 2 aromatic carbocycles. The van der Waals surface area contributed by atoms with Crippen LogP contribution in [-0.2, 0) is 6.54 Å². The second-order valence-electron chi connectivity index (χ2n) is 7.64. The summed E-state index contributed by atoms with van der Waals surface area (Å²) in [7, 11) is 0. The number of nitrogens with one attached hydrogen (secondary N) is 3. The van der Waals surface area contributed by atoms with Crippen LogP contribution < -0.4 is 16.0 Å². The first kappa shape index (κ1) is 26.3. The molecule has 8 heteroatoms. The van der Waals surface area contributed by atoms with E-state index in [4.69, 9.17) is 4.99 Å². The lowest BCUT2D eigenvalue weighted by atomic mass is 10.2. The van der Waals surface area contributed by atoms with Gasteiger partial charge in [0.05, 0.1) is 6.54 Å². The van der Waals surface area contributed by atoms with E-state index >= 15 is 0 Å². The Kier molecular flexibility index (Phi) is 11.7. The molecule has 2 amide bonds. The number of rotatable bonds is 8. The zero-order valence-electron chi connectivity index (χ0n) is 18.8. The summed E-state index contributed by atoms with van der Waals surface area (Å²) in [6.07, 6.45) is 2.18. The Morgan fingerprint density at radius 3 is 2.56 bits per heavy atom. The van der Waals surface area contributed by atoms with E-state index in [1.54, 1.807) is 0 Å². The number of benzene rings is 2. The molecule has 0 saturated carbocycles. The van der Waals surface area contributed by atoms with Crippen LogP contribution in [0, 0.1) is 0 Å². The van der Waals surface area contributed by atoms with E-state index in [0.717, 1.165) is 56.2 Å². The lowest BCUT2D eigenvalue weighted by Gasteiger charge is -2.17. The predicted octanol–water partition coefficient (Wildman–Crippen LogP) is 5.17. The van der Waals surface area contributed by atoms with Crippen molar-refractivity contribution in [2.45, 2.75) is 43.4 Å². The van der Waals surface area contributed by atoms with Crippen LogP contribution in [0.3, 0.4) is 0 Å². The third-order valence-corrected chi connectivity index (χ3v) is 6.09. The Morgan fingerprint density at radius 2 is 1.84 bits per heavy atom. The molecule has 1 atom stereocenters. The highest BCUT2D eigenvalue weighted by molar-refractivity contribution is 14.0. The summed E-state index contributed by atoms with van der Waals surface area (Å²) in [6.45, 7) is 8.12. The molecule has 1 saturated heterocycles. The van der Waals surface area contributed by atoms with Gasteiger partial charge >= 0.3 is 6.03 Å². The van der Waals surface area contributed by atoms with Gasteiger partial charge in [-0.2, -0.15) is 0 Å². The van der Waals surface area contributed by atoms with Crippen LogP contribution in [0.2, 0.25) is 0 Å². The SMILES string of the molecule is CCNC(=NCc1cccc(NC(=O)N2CCCC2)c1)NCC(C)Sc1ccccc1.I. The largest absolute Gasteiger partial charge is 0.357 e. The van der Waals surface area contributed by atoms with Crippen molar-refractivity contribution >= 4 is 53.4 Å². The van der Waals surface area contributed by atoms with Gasteiger partial charge in [-0.05, 0) is 49.6 Å². The number of thioether (sulfide) groups is 1. The molecule has 0 bridgehead atoms. The number of likely N-dealkylation sites (tertiary alicyclic amines) is 1. The summed E-state index contributed by atoms with van der Waals surface area (Å²) >= 11 is 1.85. The number of anilines is 1. The maximum absolute atomic E-state index is 12.3. The van der Waals surface area contributed by atoms with Gasteiger partial charge in [0, 0.05) is 42.0 Å². The van der Waals surface area contributed by atoms with Crippen molar-refractivity contribution in [3.63, 3.8) is 0 Å². The normalized spacial score (nSPS) is 14.4. The number of halogens is 1. The summed E-state index contributed by atoms with van der Waals surface area (Å²) in [6, 6.07) is 18.3. The summed E-state index contributed by atoms with van der Waals surface area (Å²) in [5, 5.41) is 10.2. The second-order valence-corrected chi connectivity index (χ2v) is 9.15. The first-order valence-corrected chi connectivity index (χ1v) is 11.9. The summed E-state index contributed by atoms with van der Waals surface area (Å²) < 4.78 is 0.